The molecule has 3 aromatic rings. The number of rotatable bonds is 5. The van der Waals surface area contributed by atoms with Crippen LogP contribution in [0, 0.1) is 11.3 Å². The number of benzene rings is 2. The largest absolute Gasteiger partial charge is 0.593 e. The van der Waals surface area contributed by atoms with Crippen molar-refractivity contribution < 1.29 is 9.35 Å². The zero-order chi connectivity index (χ0) is 20.3. The number of hydrogen-bond donors (Lipinski definition) is 2. The van der Waals surface area contributed by atoms with Crippen molar-refractivity contribution in [2.75, 3.05) is 5.32 Å². The van der Waals surface area contributed by atoms with Gasteiger partial charge in [-0.3, -0.25) is 4.79 Å². The van der Waals surface area contributed by atoms with Gasteiger partial charge >= 0.3 is 0 Å². The minimum absolute atomic E-state index is 0.0451. The van der Waals surface area contributed by atoms with Crippen LogP contribution in [0.25, 0.3) is 5.69 Å². The lowest BCUT2D eigenvalue weighted by Gasteiger charge is -2.12. The molecule has 0 aliphatic carbocycles. The van der Waals surface area contributed by atoms with E-state index in [4.69, 9.17) is 33.6 Å². The highest BCUT2D eigenvalue weighted by Crippen LogP contribution is 2.25. The van der Waals surface area contributed by atoms with E-state index in [0.29, 0.717) is 32.5 Å². The Morgan fingerprint density at radius 1 is 1.32 bits per heavy atom. The fourth-order valence-corrected chi connectivity index (χ4v) is 3.58. The number of amides is 1. The molecule has 0 saturated carbocycles. The molecule has 2 aromatic carbocycles. The first kappa shape index (κ1) is 20.2. The smallest absolute Gasteiger partial charge is 0.228 e. The first-order chi connectivity index (χ1) is 13.4. The highest BCUT2D eigenvalue weighted by Gasteiger charge is 2.18. The van der Waals surface area contributed by atoms with Gasteiger partial charge in [0, 0.05) is 28.0 Å². The molecule has 1 amide bonds. The van der Waals surface area contributed by atoms with E-state index in [-0.39, 0.29) is 17.2 Å². The molecule has 0 aliphatic heterocycles. The van der Waals surface area contributed by atoms with E-state index in [0.717, 1.165) is 0 Å². The molecule has 142 valence electrons. The number of nitrogens with two attached hydrogens (primary N) is 1. The van der Waals surface area contributed by atoms with Crippen molar-refractivity contribution in [3.05, 3.63) is 70.0 Å². The van der Waals surface area contributed by atoms with Crippen LogP contribution in [0.5, 0.6) is 0 Å². The predicted molar refractivity (Wildman–Crippen MR) is 108 cm³/mol. The number of aromatic nitrogens is 2. The summed E-state index contributed by atoms with van der Waals surface area (Å²) in [5.74, 6) is -0.309. The van der Waals surface area contributed by atoms with E-state index in [1.54, 1.807) is 30.3 Å². The van der Waals surface area contributed by atoms with Crippen LogP contribution < -0.4 is 10.5 Å². The van der Waals surface area contributed by atoms with Gasteiger partial charge in [-0.15, -0.1) is 5.14 Å². The number of anilines is 1. The fourth-order valence-electron chi connectivity index (χ4n) is 2.50. The van der Waals surface area contributed by atoms with Crippen molar-refractivity contribution in [1.29, 1.82) is 5.26 Å². The van der Waals surface area contributed by atoms with Crippen LogP contribution in [-0.2, 0) is 22.6 Å². The lowest BCUT2D eigenvalue weighted by molar-refractivity contribution is -0.115. The van der Waals surface area contributed by atoms with Gasteiger partial charge in [-0.1, -0.05) is 29.3 Å². The standard InChI is InChI=1S/C18H13Cl2N5O2S/c19-13-2-1-12(15(20)6-13)5-18(26)24-14-3-4-16(17(7-14)28(22)27)25-10-11(8-21)9-23-25/h1-4,6-7,9-10H,5,22H2,(H,24,26). The summed E-state index contributed by atoms with van der Waals surface area (Å²) >= 11 is 10.1. The lowest BCUT2D eigenvalue weighted by atomic mass is 10.1. The molecule has 1 unspecified atom stereocenters. The van der Waals surface area contributed by atoms with Gasteiger partial charge in [0.25, 0.3) is 0 Å². The van der Waals surface area contributed by atoms with Crippen LogP contribution in [0.4, 0.5) is 5.69 Å². The average Bonchev–Trinajstić information content (AvgIpc) is 3.13. The Morgan fingerprint density at radius 2 is 2.11 bits per heavy atom. The second-order valence-electron chi connectivity index (χ2n) is 5.73. The highest BCUT2D eigenvalue weighted by molar-refractivity contribution is 7.89. The summed E-state index contributed by atoms with van der Waals surface area (Å²) in [5, 5.41) is 22.2. The molecule has 0 saturated heterocycles. The molecule has 28 heavy (non-hydrogen) atoms. The van der Waals surface area contributed by atoms with Gasteiger partial charge in [-0.05, 0) is 29.8 Å². The van der Waals surface area contributed by atoms with Crippen LogP contribution in [0.2, 0.25) is 10.0 Å². The van der Waals surface area contributed by atoms with Gasteiger partial charge in [0.15, 0.2) is 0 Å². The van der Waals surface area contributed by atoms with Gasteiger partial charge in [0.05, 0.1) is 29.5 Å². The summed E-state index contributed by atoms with van der Waals surface area (Å²) in [6.07, 6.45) is 2.92. The molecule has 0 bridgehead atoms. The maximum atomic E-state index is 12.3. The first-order valence-corrected chi connectivity index (χ1v) is 9.83. The van der Waals surface area contributed by atoms with Crippen molar-refractivity contribution in [3.63, 3.8) is 0 Å². The van der Waals surface area contributed by atoms with Crippen LogP contribution in [0.3, 0.4) is 0 Å². The molecule has 3 N–H and O–H groups in total. The third kappa shape index (κ3) is 4.65. The first-order valence-electron chi connectivity index (χ1n) is 7.86. The summed E-state index contributed by atoms with van der Waals surface area (Å²) in [6.45, 7) is 0. The molecule has 0 spiro atoms. The Kier molecular flexibility index (Phi) is 6.24. The molecular formula is C18H13Cl2N5O2S. The molecule has 1 aromatic heterocycles. The SMILES string of the molecule is N#Cc1cnn(-c2ccc(NC(=O)Cc3ccc(Cl)cc3Cl)cc2[S+](N)[O-])c1. The molecule has 0 radical (unpaired) electrons. The van der Waals surface area contributed by atoms with Crippen LogP contribution >= 0.6 is 23.2 Å². The third-order valence-corrected chi connectivity index (χ3v) is 5.13. The topological polar surface area (TPSA) is 120 Å². The maximum absolute atomic E-state index is 12.3. The van der Waals surface area contributed by atoms with E-state index in [9.17, 15) is 9.35 Å². The Balaban J connectivity index is 1.81. The summed E-state index contributed by atoms with van der Waals surface area (Å²) in [4.78, 5) is 12.6. The zero-order valence-electron chi connectivity index (χ0n) is 14.2. The summed E-state index contributed by atoms with van der Waals surface area (Å²) in [7, 11) is 0. The Bertz CT molecular complexity index is 1080. The Morgan fingerprint density at radius 3 is 2.75 bits per heavy atom. The van der Waals surface area contributed by atoms with E-state index in [1.807, 2.05) is 6.07 Å². The number of halogens is 2. The van der Waals surface area contributed by atoms with Crippen molar-refractivity contribution in [2.45, 2.75) is 11.3 Å². The summed E-state index contributed by atoms with van der Waals surface area (Å²) < 4.78 is 13.4. The van der Waals surface area contributed by atoms with E-state index >= 15 is 0 Å². The molecular weight excluding hydrogens is 421 g/mol. The van der Waals surface area contributed by atoms with Crippen molar-refractivity contribution in [3.8, 4) is 11.8 Å². The maximum Gasteiger partial charge on any atom is 0.228 e. The molecule has 1 heterocycles. The minimum Gasteiger partial charge on any atom is -0.593 e. The molecule has 3 rings (SSSR count). The third-order valence-electron chi connectivity index (χ3n) is 3.78. The Labute approximate surface area is 174 Å². The number of nitrogens with one attached hydrogen (secondary N) is 1. The van der Waals surface area contributed by atoms with E-state index in [2.05, 4.69) is 10.4 Å². The van der Waals surface area contributed by atoms with Crippen molar-refractivity contribution >= 4 is 46.2 Å². The predicted octanol–water partition coefficient (Wildman–Crippen LogP) is 3.21. The van der Waals surface area contributed by atoms with Gasteiger partial charge in [-0.25, -0.2) is 4.68 Å². The van der Waals surface area contributed by atoms with Crippen LogP contribution in [0.15, 0.2) is 53.7 Å². The fraction of sp³-hybridized carbons (Fsp3) is 0.0556. The van der Waals surface area contributed by atoms with E-state index < -0.39 is 11.4 Å². The Hall–Kier alpha value is -2.54. The van der Waals surface area contributed by atoms with Gasteiger partial charge < -0.3 is 9.87 Å². The molecule has 0 fully saturated rings. The lowest BCUT2D eigenvalue weighted by Crippen LogP contribution is -2.18. The molecule has 10 heteroatoms. The summed E-state index contributed by atoms with van der Waals surface area (Å²) in [5.41, 5.74) is 1.84. The summed E-state index contributed by atoms with van der Waals surface area (Å²) in [6, 6.07) is 11.6. The number of hydrogen-bond acceptors (Lipinski definition) is 5. The molecule has 0 aliphatic rings. The van der Waals surface area contributed by atoms with Crippen molar-refractivity contribution in [1.82, 2.24) is 9.78 Å². The van der Waals surface area contributed by atoms with E-state index in [1.165, 1.54) is 23.1 Å². The quantitative estimate of drug-likeness (QED) is 0.598. The van der Waals surface area contributed by atoms with Crippen LogP contribution in [0.1, 0.15) is 11.1 Å². The van der Waals surface area contributed by atoms with Gasteiger partial charge in [-0.2, -0.15) is 10.4 Å². The number of carbonyl (C=O) groups is 1. The molecule has 7 nitrogen and oxygen atoms in total. The van der Waals surface area contributed by atoms with Gasteiger partial charge in [0.1, 0.15) is 11.8 Å². The number of nitrogens with zero attached hydrogens (tertiary/aromatic N) is 3. The van der Waals surface area contributed by atoms with Gasteiger partial charge in [0.2, 0.25) is 10.8 Å². The highest BCUT2D eigenvalue weighted by atomic mass is 35.5. The molecule has 1 atom stereocenters. The monoisotopic (exact) mass is 433 g/mol. The average molecular weight is 434 g/mol. The number of carbonyl (C=O) groups excluding carboxylic acids is 1. The second kappa shape index (κ2) is 8.65. The van der Waals surface area contributed by atoms with Crippen LogP contribution in [-0.4, -0.2) is 20.2 Å². The minimum atomic E-state index is -1.83. The normalized spacial score (nSPS) is 11.7. The zero-order valence-corrected chi connectivity index (χ0v) is 16.6. The number of nitriles is 1. The van der Waals surface area contributed by atoms with Crippen molar-refractivity contribution in [2.24, 2.45) is 5.14 Å². The second-order valence-corrected chi connectivity index (χ2v) is 7.60.